The number of para-hydroxylation sites is 1. The molecule has 2 heterocycles. The second-order valence-corrected chi connectivity index (χ2v) is 9.79. The lowest BCUT2D eigenvalue weighted by atomic mass is 9.99. The van der Waals surface area contributed by atoms with E-state index >= 15 is 0 Å². The first kappa shape index (κ1) is 25.5. The molecule has 0 atom stereocenters. The quantitative estimate of drug-likeness (QED) is 0.128. The van der Waals surface area contributed by atoms with E-state index in [9.17, 15) is 28.4 Å². The second kappa shape index (κ2) is 10.6. The maximum absolute atomic E-state index is 12.5. The van der Waals surface area contributed by atoms with Crippen LogP contribution in [-0.2, 0) is 19.6 Å². The average Bonchev–Trinajstić information content (AvgIpc) is 3.26. The van der Waals surface area contributed by atoms with Crippen LogP contribution in [0.25, 0.3) is 33.3 Å². The third kappa shape index (κ3) is 5.99. The summed E-state index contributed by atoms with van der Waals surface area (Å²) in [6.45, 7) is -0.650. The number of nitrogens with one attached hydrogen (secondary N) is 2. The molecule has 0 aliphatic carbocycles. The Bertz CT molecular complexity index is 1590. The molecule has 0 amide bonds. The molecule has 192 valence electrons. The van der Waals surface area contributed by atoms with Crippen LogP contribution in [-0.4, -0.2) is 63.7 Å². The van der Waals surface area contributed by atoms with Crippen LogP contribution in [0.2, 0.25) is 0 Å². The normalized spacial score (nSPS) is 11.5. The van der Waals surface area contributed by atoms with Gasteiger partial charge in [-0.05, 0) is 42.3 Å². The van der Waals surface area contributed by atoms with Crippen molar-refractivity contribution < 1.29 is 33.1 Å². The number of aromatic nitrogens is 3. The molecule has 4 rings (SSSR count). The number of nitro benzene ring substituents is 1. The van der Waals surface area contributed by atoms with Crippen LogP contribution in [0.1, 0.15) is 6.42 Å². The average molecular weight is 528 g/mol. The molecule has 0 radical (unpaired) electrons. The van der Waals surface area contributed by atoms with E-state index in [1.54, 1.807) is 18.2 Å². The standard InChI is InChI=1S/C23H21N5O8S/c29-16-9-15(11-24-12-16)22-18-10-14(5-6-19(18)25-26-22)17-3-1-4-20(23(17)28(32)33)27-37(34,35)8-2-7-36-13-21(30)31/h1,3-6,9-12,27,29H,2,7-8,13H2,(H,25,26)(H,30,31). The monoisotopic (exact) mass is 527 g/mol. The number of nitro groups is 1. The highest BCUT2D eigenvalue weighted by molar-refractivity contribution is 7.92. The molecule has 4 aromatic rings. The third-order valence-corrected chi connectivity index (χ3v) is 6.64. The van der Waals surface area contributed by atoms with Crippen molar-refractivity contribution in [2.45, 2.75) is 6.42 Å². The molecule has 0 aliphatic rings. The van der Waals surface area contributed by atoms with Crippen LogP contribution in [0.4, 0.5) is 11.4 Å². The van der Waals surface area contributed by atoms with Crippen molar-refractivity contribution in [1.82, 2.24) is 15.2 Å². The Labute approximate surface area is 209 Å². The molecule has 0 saturated heterocycles. The number of fused-ring (bicyclic) bond motifs is 1. The van der Waals surface area contributed by atoms with Gasteiger partial charge in [-0.3, -0.25) is 24.9 Å². The van der Waals surface area contributed by atoms with E-state index in [1.165, 1.54) is 36.7 Å². The summed E-state index contributed by atoms with van der Waals surface area (Å²) in [5.41, 5.74) is 1.63. The molecule has 0 spiro atoms. The zero-order chi connectivity index (χ0) is 26.6. The van der Waals surface area contributed by atoms with Gasteiger partial charge in [-0.1, -0.05) is 12.1 Å². The number of carbonyl (C=O) groups is 1. The van der Waals surface area contributed by atoms with Gasteiger partial charge in [0.25, 0.3) is 0 Å². The summed E-state index contributed by atoms with van der Waals surface area (Å²) < 4.78 is 32.2. The number of anilines is 1. The molecule has 0 fully saturated rings. The van der Waals surface area contributed by atoms with Gasteiger partial charge in [0.05, 0.1) is 28.0 Å². The Morgan fingerprint density at radius 3 is 2.70 bits per heavy atom. The number of ether oxygens (including phenoxy) is 1. The summed E-state index contributed by atoms with van der Waals surface area (Å²) >= 11 is 0. The SMILES string of the molecule is O=C(O)COCCCS(=O)(=O)Nc1cccc(-c2ccc3[nH]nc(-c4cncc(O)c4)c3c2)c1[N+](=O)[O-]. The van der Waals surface area contributed by atoms with E-state index in [2.05, 4.69) is 19.9 Å². The van der Waals surface area contributed by atoms with Crippen molar-refractivity contribution in [2.24, 2.45) is 0 Å². The number of hydrogen-bond donors (Lipinski definition) is 4. The number of carboxylic acid groups (broad SMARTS) is 1. The Morgan fingerprint density at radius 1 is 1.16 bits per heavy atom. The van der Waals surface area contributed by atoms with Crippen molar-refractivity contribution in [3.05, 3.63) is 65.0 Å². The molecule has 0 unspecified atom stereocenters. The lowest BCUT2D eigenvalue weighted by Crippen LogP contribution is -2.19. The fourth-order valence-electron chi connectivity index (χ4n) is 3.74. The molecule has 13 nitrogen and oxygen atoms in total. The van der Waals surface area contributed by atoms with Gasteiger partial charge in [0.2, 0.25) is 10.0 Å². The van der Waals surface area contributed by atoms with Crippen LogP contribution in [0.15, 0.2) is 54.9 Å². The second-order valence-electron chi connectivity index (χ2n) is 7.94. The zero-order valence-electron chi connectivity index (χ0n) is 19.1. The van der Waals surface area contributed by atoms with E-state index in [0.29, 0.717) is 27.7 Å². The van der Waals surface area contributed by atoms with Gasteiger partial charge in [-0.15, -0.1) is 0 Å². The van der Waals surface area contributed by atoms with Crippen LogP contribution >= 0.6 is 0 Å². The fourth-order valence-corrected chi connectivity index (χ4v) is 4.84. The molecule has 2 aromatic carbocycles. The lowest BCUT2D eigenvalue weighted by Gasteiger charge is -2.11. The molecule has 0 saturated carbocycles. The number of hydrogen-bond acceptors (Lipinski definition) is 9. The van der Waals surface area contributed by atoms with E-state index in [0.717, 1.165) is 0 Å². The fraction of sp³-hybridized carbons (Fsp3) is 0.174. The summed E-state index contributed by atoms with van der Waals surface area (Å²) in [4.78, 5) is 25.8. The van der Waals surface area contributed by atoms with Gasteiger partial charge >= 0.3 is 11.7 Å². The number of nitrogens with zero attached hydrogens (tertiary/aromatic N) is 3. The molecular formula is C23H21N5O8S. The Hall–Kier alpha value is -4.56. The number of carboxylic acids is 1. The smallest absolute Gasteiger partial charge is 0.329 e. The zero-order valence-corrected chi connectivity index (χ0v) is 19.9. The third-order valence-electron chi connectivity index (χ3n) is 5.28. The molecule has 2 aromatic heterocycles. The van der Waals surface area contributed by atoms with Crippen molar-refractivity contribution >= 4 is 38.3 Å². The van der Waals surface area contributed by atoms with E-state index in [4.69, 9.17) is 9.84 Å². The van der Waals surface area contributed by atoms with E-state index in [-0.39, 0.29) is 30.0 Å². The minimum Gasteiger partial charge on any atom is -0.506 e. The van der Waals surface area contributed by atoms with Crippen molar-refractivity contribution in [3.8, 4) is 28.1 Å². The number of aromatic amines is 1. The van der Waals surface area contributed by atoms with Crippen molar-refractivity contribution in [3.63, 3.8) is 0 Å². The highest BCUT2D eigenvalue weighted by Gasteiger charge is 2.24. The summed E-state index contributed by atoms with van der Waals surface area (Å²) in [6, 6.07) is 10.8. The highest BCUT2D eigenvalue weighted by Crippen LogP contribution is 2.39. The highest BCUT2D eigenvalue weighted by atomic mass is 32.2. The van der Waals surface area contributed by atoms with Crippen LogP contribution in [0.5, 0.6) is 5.75 Å². The maximum atomic E-state index is 12.5. The predicted molar refractivity (Wildman–Crippen MR) is 134 cm³/mol. The molecule has 37 heavy (non-hydrogen) atoms. The van der Waals surface area contributed by atoms with Crippen LogP contribution < -0.4 is 4.72 Å². The van der Waals surface area contributed by atoms with E-state index in [1.807, 2.05) is 0 Å². The minimum absolute atomic E-state index is 0.0000667. The van der Waals surface area contributed by atoms with Gasteiger partial charge in [0.15, 0.2) is 0 Å². The molecule has 14 heteroatoms. The summed E-state index contributed by atoms with van der Waals surface area (Å²) in [7, 11) is -3.99. The minimum atomic E-state index is -3.99. The summed E-state index contributed by atoms with van der Waals surface area (Å²) in [5.74, 6) is -1.64. The van der Waals surface area contributed by atoms with E-state index < -0.39 is 39.0 Å². The number of rotatable bonds is 11. The number of aromatic hydroxyl groups is 1. The van der Waals surface area contributed by atoms with Gasteiger partial charge in [-0.25, -0.2) is 13.2 Å². The van der Waals surface area contributed by atoms with Crippen LogP contribution in [0.3, 0.4) is 0 Å². The predicted octanol–water partition coefficient (Wildman–Crippen LogP) is 3.14. The van der Waals surface area contributed by atoms with Gasteiger partial charge in [-0.2, -0.15) is 5.10 Å². The molecular weight excluding hydrogens is 506 g/mol. The molecule has 0 bridgehead atoms. The molecule has 4 N–H and O–H groups in total. The number of H-pyrrole nitrogens is 1. The Morgan fingerprint density at radius 2 is 1.97 bits per heavy atom. The number of aliphatic carboxylic acids is 1. The van der Waals surface area contributed by atoms with Gasteiger partial charge in [0.1, 0.15) is 23.7 Å². The first-order valence-electron chi connectivity index (χ1n) is 10.8. The van der Waals surface area contributed by atoms with Gasteiger partial charge < -0.3 is 14.9 Å². The van der Waals surface area contributed by atoms with Crippen molar-refractivity contribution in [2.75, 3.05) is 23.7 Å². The first-order valence-corrected chi connectivity index (χ1v) is 12.5. The van der Waals surface area contributed by atoms with Gasteiger partial charge in [0, 0.05) is 23.8 Å². The summed E-state index contributed by atoms with van der Waals surface area (Å²) in [6.07, 6.45) is 2.80. The number of benzene rings is 2. The largest absolute Gasteiger partial charge is 0.506 e. The topological polar surface area (TPSA) is 198 Å². The first-order chi connectivity index (χ1) is 17.6. The maximum Gasteiger partial charge on any atom is 0.329 e. The van der Waals surface area contributed by atoms with Crippen LogP contribution in [0, 0.1) is 10.1 Å². The number of sulfonamides is 1. The summed E-state index contributed by atoms with van der Waals surface area (Å²) in [5, 5.41) is 38.1. The Kier molecular flexibility index (Phi) is 7.31. The Balaban J connectivity index is 1.66. The number of pyridine rings is 1. The van der Waals surface area contributed by atoms with Crippen molar-refractivity contribution in [1.29, 1.82) is 0 Å². The lowest BCUT2D eigenvalue weighted by molar-refractivity contribution is -0.383. The molecule has 0 aliphatic heterocycles.